The summed E-state index contributed by atoms with van der Waals surface area (Å²) in [6, 6.07) is 7.49. The second-order valence-electron chi connectivity index (χ2n) is 7.04. The summed E-state index contributed by atoms with van der Waals surface area (Å²) in [6.45, 7) is 2.71. The second kappa shape index (κ2) is 8.25. The predicted molar refractivity (Wildman–Crippen MR) is 106 cm³/mol. The molecule has 1 aliphatic rings. The quantitative estimate of drug-likeness (QED) is 0.459. The summed E-state index contributed by atoms with van der Waals surface area (Å²) in [7, 11) is 0. The van der Waals surface area contributed by atoms with Crippen molar-refractivity contribution in [3.8, 4) is 0 Å². The Bertz CT molecular complexity index is 976. The number of nitrogens with zero attached hydrogens (tertiary/aromatic N) is 4. The van der Waals surface area contributed by atoms with Crippen molar-refractivity contribution < 1.29 is 4.52 Å². The highest BCUT2D eigenvalue weighted by atomic mass is 32.2. The van der Waals surface area contributed by atoms with E-state index in [0.29, 0.717) is 34.6 Å². The summed E-state index contributed by atoms with van der Waals surface area (Å²) < 4.78 is 7.22. The van der Waals surface area contributed by atoms with E-state index in [-0.39, 0.29) is 5.56 Å². The summed E-state index contributed by atoms with van der Waals surface area (Å²) >= 11 is 1.48. The van der Waals surface area contributed by atoms with E-state index in [1.54, 1.807) is 4.57 Å². The topological polar surface area (TPSA) is 73.8 Å². The molecule has 142 valence electrons. The first-order valence-corrected chi connectivity index (χ1v) is 10.7. The molecule has 0 amide bonds. The minimum atomic E-state index is 0.0124. The second-order valence-corrected chi connectivity index (χ2v) is 7.98. The van der Waals surface area contributed by atoms with Crippen LogP contribution in [0.4, 0.5) is 0 Å². The molecule has 6 nitrogen and oxygen atoms in total. The van der Waals surface area contributed by atoms with Crippen LogP contribution in [0.3, 0.4) is 0 Å². The first-order valence-electron chi connectivity index (χ1n) is 9.71. The SMILES string of the molecule is CCCn1c(SCc2nc(C3CCCCC3)no2)nc2ccccc2c1=O. The van der Waals surface area contributed by atoms with Crippen LogP contribution in [0.1, 0.15) is 63.1 Å². The highest BCUT2D eigenvalue weighted by Gasteiger charge is 2.21. The van der Waals surface area contributed by atoms with Crippen molar-refractivity contribution in [2.75, 3.05) is 0 Å². The normalized spacial score (nSPS) is 15.4. The maximum Gasteiger partial charge on any atom is 0.262 e. The molecule has 1 aromatic carbocycles. The van der Waals surface area contributed by atoms with Crippen LogP contribution in [-0.4, -0.2) is 19.7 Å². The molecule has 0 spiro atoms. The zero-order valence-corrected chi connectivity index (χ0v) is 16.4. The van der Waals surface area contributed by atoms with Gasteiger partial charge in [-0.15, -0.1) is 0 Å². The zero-order valence-electron chi connectivity index (χ0n) is 15.6. The van der Waals surface area contributed by atoms with E-state index >= 15 is 0 Å². The number of hydrogen-bond acceptors (Lipinski definition) is 6. The minimum Gasteiger partial charge on any atom is -0.338 e. The molecule has 2 aromatic heterocycles. The molecule has 3 aromatic rings. The Hall–Kier alpha value is -2.15. The lowest BCUT2D eigenvalue weighted by molar-refractivity contribution is 0.365. The van der Waals surface area contributed by atoms with Crippen LogP contribution in [0.25, 0.3) is 10.9 Å². The van der Waals surface area contributed by atoms with Gasteiger partial charge in [-0.2, -0.15) is 4.98 Å². The van der Waals surface area contributed by atoms with Crippen molar-refractivity contribution in [1.29, 1.82) is 0 Å². The molecule has 0 radical (unpaired) electrons. The lowest BCUT2D eigenvalue weighted by Gasteiger charge is -2.17. The number of rotatable bonds is 6. The van der Waals surface area contributed by atoms with Crippen molar-refractivity contribution in [3.05, 3.63) is 46.3 Å². The first kappa shape index (κ1) is 18.2. The van der Waals surface area contributed by atoms with Crippen molar-refractivity contribution in [1.82, 2.24) is 19.7 Å². The Labute approximate surface area is 162 Å². The van der Waals surface area contributed by atoms with Crippen LogP contribution in [0.5, 0.6) is 0 Å². The van der Waals surface area contributed by atoms with E-state index in [0.717, 1.165) is 30.6 Å². The van der Waals surface area contributed by atoms with Crippen LogP contribution in [0.15, 0.2) is 38.7 Å². The maximum atomic E-state index is 12.8. The van der Waals surface area contributed by atoms with Gasteiger partial charge < -0.3 is 4.52 Å². The third kappa shape index (κ3) is 3.93. The van der Waals surface area contributed by atoms with Gasteiger partial charge in [-0.05, 0) is 31.4 Å². The largest absolute Gasteiger partial charge is 0.338 e. The molecule has 4 rings (SSSR count). The van der Waals surface area contributed by atoms with Gasteiger partial charge >= 0.3 is 0 Å². The summed E-state index contributed by atoms with van der Waals surface area (Å²) in [5, 5.41) is 5.56. The average Bonchev–Trinajstić information content (AvgIpc) is 3.19. The smallest absolute Gasteiger partial charge is 0.262 e. The molecule has 2 heterocycles. The molecule has 0 saturated heterocycles. The molecule has 0 aliphatic heterocycles. The lowest BCUT2D eigenvalue weighted by Crippen LogP contribution is -2.23. The van der Waals surface area contributed by atoms with E-state index in [1.165, 1.54) is 31.0 Å². The molecular formula is C20H24N4O2S. The number of para-hydroxylation sites is 1. The van der Waals surface area contributed by atoms with Crippen molar-refractivity contribution >= 4 is 22.7 Å². The molecule has 27 heavy (non-hydrogen) atoms. The fourth-order valence-corrected chi connectivity index (χ4v) is 4.52. The number of aromatic nitrogens is 4. The molecule has 0 bridgehead atoms. The highest BCUT2D eigenvalue weighted by Crippen LogP contribution is 2.31. The first-order chi connectivity index (χ1) is 13.3. The van der Waals surface area contributed by atoms with Gasteiger partial charge in [0.1, 0.15) is 0 Å². The average molecular weight is 385 g/mol. The van der Waals surface area contributed by atoms with E-state index in [4.69, 9.17) is 9.51 Å². The van der Waals surface area contributed by atoms with Crippen LogP contribution >= 0.6 is 11.8 Å². The molecule has 0 unspecified atom stereocenters. The van der Waals surface area contributed by atoms with Gasteiger partial charge in [-0.3, -0.25) is 9.36 Å². The van der Waals surface area contributed by atoms with Gasteiger partial charge in [-0.25, -0.2) is 4.98 Å². The molecule has 0 N–H and O–H groups in total. The van der Waals surface area contributed by atoms with E-state index in [9.17, 15) is 4.79 Å². The van der Waals surface area contributed by atoms with Crippen molar-refractivity contribution in [3.63, 3.8) is 0 Å². The van der Waals surface area contributed by atoms with Gasteiger partial charge in [0.25, 0.3) is 5.56 Å². The molecule has 1 saturated carbocycles. The van der Waals surface area contributed by atoms with Crippen molar-refractivity contribution in [2.24, 2.45) is 0 Å². The fourth-order valence-electron chi connectivity index (χ4n) is 3.66. The fraction of sp³-hybridized carbons (Fsp3) is 0.500. The van der Waals surface area contributed by atoms with Gasteiger partial charge in [0, 0.05) is 12.5 Å². The number of hydrogen-bond donors (Lipinski definition) is 0. The third-order valence-electron chi connectivity index (χ3n) is 5.05. The van der Waals surface area contributed by atoms with Gasteiger partial charge in [0.2, 0.25) is 5.89 Å². The van der Waals surface area contributed by atoms with E-state index in [2.05, 4.69) is 17.1 Å². The number of thioether (sulfide) groups is 1. The predicted octanol–water partition coefficient (Wildman–Crippen LogP) is 4.53. The molecule has 1 aliphatic carbocycles. The maximum absolute atomic E-state index is 12.8. The lowest BCUT2D eigenvalue weighted by atomic mass is 9.89. The van der Waals surface area contributed by atoms with Crippen LogP contribution < -0.4 is 5.56 Å². The van der Waals surface area contributed by atoms with Gasteiger partial charge in [0.15, 0.2) is 11.0 Å². The van der Waals surface area contributed by atoms with Crippen LogP contribution in [0, 0.1) is 0 Å². The molecular weight excluding hydrogens is 360 g/mol. The van der Waals surface area contributed by atoms with Gasteiger partial charge in [0.05, 0.1) is 16.7 Å². The Kier molecular flexibility index (Phi) is 5.57. The summed E-state index contributed by atoms with van der Waals surface area (Å²) in [5.74, 6) is 2.39. The highest BCUT2D eigenvalue weighted by molar-refractivity contribution is 7.98. The number of fused-ring (bicyclic) bond motifs is 1. The molecule has 1 fully saturated rings. The van der Waals surface area contributed by atoms with Crippen LogP contribution in [-0.2, 0) is 12.3 Å². The minimum absolute atomic E-state index is 0.0124. The summed E-state index contributed by atoms with van der Waals surface area (Å²) in [5.41, 5.74) is 0.740. The Balaban J connectivity index is 1.55. The van der Waals surface area contributed by atoms with Crippen LogP contribution in [0.2, 0.25) is 0 Å². The monoisotopic (exact) mass is 384 g/mol. The van der Waals surface area contributed by atoms with E-state index < -0.39 is 0 Å². The molecule has 0 atom stereocenters. The molecule has 7 heteroatoms. The Morgan fingerprint density at radius 1 is 1.19 bits per heavy atom. The van der Waals surface area contributed by atoms with Gasteiger partial charge in [-0.1, -0.05) is 55.2 Å². The summed E-state index contributed by atoms with van der Waals surface area (Å²) in [6.07, 6.45) is 6.96. The van der Waals surface area contributed by atoms with E-state index in [1.807, 2.05) is 24.3 Å². The third-order valence-corrected chi connectivity index (χ3v) is 6.01. The number of benzene rings is 1. The summed E-state index contributed by atoms with van der Waals surface area (Å²) in [4.78, 5) is 22.1. The standard InChI is InChI=1S/C20H24N4O2S/c1-2-12-24-19(25)15-10-6-7-11-16(15)21-20(24)27-13-17-22-18(23-26-17)14-8-4-3-5-9-14/h6-7,10-11,14H,2-5,8-9,12-13H2,1H3. The zero-order chi connectivity index (χ0) is 18.6. The Morgan fingerprint density at radius 2 is 2.00 bits per heavy atom. The Morgan fingerprint density at radius 3 is 2.81 bits per heavy atom. The van der Waals surface area contributed by atoms with Crippen molar-refractivity contribution in [2.45, 2.75) is 68.8 Å².